The van der Waals surface area contributed by atoms with E-state index >= 15 is 0 Å². The lowest BCUT2D eigenvalue weighted by molar-refractivity contribution is -0.133. The standard InChI is InChI=1S/C18H34N2O.C2H6/c1-13(2)17-6-8-19(9-7-17)12-18-14(3)10-20(16(5)21)11-15(18)4;1-2/h13-15,17-18H,6-12H2,1-5H3;1-2H3/t14-,15-;/m1./s1. The van der Waals surface area contributed by atoms with Crippen molar-refractivity contribution in [3.05, 3.63) is 0 Å². The van der Waals surface area contributed by atoms with Crippen LogP contribution in [0.4, 0.5) is 0 Å². The molecule has 0 aromatic carbocycles. The smallest absolute Gasteiger partial charge is 0.219 e. The third-order valence-electron chi connectivity index (χ3n) is 5.97. The molecule has 0 unspecified atom stereocenters. The number of piperidine rings is 2. The molecule has 2 aliphatic rings. The number of carbonyl (C=O) groups is 1. The van der Waals surface area contributed by atoms with Crippen LogP contribution in [0.25, 0.3) is 0 Å². The molecule has 2 heterocycles. The zero-order valence-electron chi connectivity index (χ0n) is 16.6. The predicted octanol–water partition coefficient (Wildman–Crippen LogP) is 4.13. The zero-order valence-corrected chi connectivity index (χ0v) is 16.6. The summed E-state index contributed by atoms with van der Waals surface area (Å²) >= 11 is 0. The van der Waals surface area contributed by atoms with E-state index in [0.29, 0.717) is 11.8 Å². The number of likely N-dealkylation sites (tertiary alicyclic amines) is 2. The van der Waals surface area contributed by atoms with Crippen LogP contribution in [0.15, 0.2) is 0 Å². The lowest BCUT2D eigenvalue weighted by Gasteiger charge is -2.44. The first-order valence-corrected chi connectivity index (χ1v) is 9.86. The zero-order chi connectivity index (χ0) is 17.6. The van der Waals surface area contributed by atoms with E-state index < -0.39 is 0 Å². The normalized spacial score (nSPS) is 27.7. The summed E-state index contributed by atoms with van der Waals surface area (Å²) in [5.41, 5.74) is 0. The second kappa shape index (κ2) is 9.66. The highest BCUT2D eigenvalue weighted by Gasteiger charge is 2.34. The van der Waals surface area contributed by atoms with Crippen LogP contribution in [-0.4, -0.2) is 48.4 Å². The Labute approximate surface area is 144 Å². The van der Waals surface area contributed by atoms with Crippen LogP contribution >= 0.6 is 0 Å². The summed E-state index contributed by atoms with van der Waals surface area (Å²) in [7, 11) is 0. The third kappa shape index (κ3) is 5.77. The first kappa shape index (κ1) is 20.5. The monoisotopic (exact) mass is 324 g/mol. The van der Waals surface area contributed by atoms with Gasteiger partial charge in [-0.2, -0.15) is 0 Å². The summed E-state index contributed by atoms with van der Waals surface area (Å²) in [4.78, 5) is 16.3. The fraction of sp³-hybridized carbons (Fsp3) is 0.950. The maximum absolute atomic E-state index is 11.6. The van der Waals surface area contributed by atoms with E-state index in [9.17, 15) is 4.79 Å². The van der Waals surface area contributed by atoms with Crippen molar-refractivity contribution < 1.29 is 4.79 Å². The molecule has 0 aliphatic carbocycles. The average Bonchev–Trinajstić information content (AvgIpc) is 2.53. The molecule has 0 aromatic rings. The second-order valence-corrected chi connectivity index (χ2v) is 7.92. The SMILES string of the molecule is CC.CC(=O)N1C[C@@H](C)C(CN2CCC(C(C)C)CC2)[C@H](C)C1. The Hall–Kier alpha value is -0.570. The van der Waals surface area contributed by atoms with Gasteiger partial charge in [0.25, 0.3) is 0 Å². The maximum atomic E-state index is 11.6. The summed E-state index contributed by atoms with van der Waals surface area (Å²) in [6.07, 6.45) is 2.74. The van der Waals surface area contributed by atoms with Gasteiger partial charge in [0.15, 0.2) is 0 Å². The molecule has 0 N–H and O–H groups in total. The quantitative estimate of drug-likeness (QED) is 0.779. The number of amides is 1. The molecule has 2 rings (SSSR count). The Morgan fingerprint density at radius 2 is 1.52 bits per heavy atom. The lowest BCUT2D eigenvalue weighted by Crippen LogP contribution is -2.50. The van der Waals surface area contributed by atoms with Gasteiger partial charge in [0.1, 0.15) is 0 Å². The molecule has 3 heteroatoms. The molecule has 0 saturated carbocycles. The maximum Gasteiger partial charge on any atom is 0.219 e. The number of rotatable bonds is 3. The van der Waals surface area contributed by atoms with Gasteiger partial charge >= 0.3 is 0 Å². The predicted molar refractivity (Wildman–Crippen MR) is 99.4 cm³/mol. The molecule has 2 fully saturated rings. The Morgan fingerprint density at radius 3 is 1.91 bits per heavy atom. The highest BCUT2D eigenvalue weighted by atomic mass is 16.2. The molecule has 2 atom stereocenters. The first-order valence-electron chi connectivity index (χ1n) is 9.86. The molecule has 2 aliphatic heterocycles. The molecule has 0 aromatic heterocycles. The number of nitrogens with zero attached hydrogens (tertiary/aromatic N) is 2. The minimum atomic E-state index is 0.241. The molecular formula is C20H40N2O. The third-order valence-corrected chi connectivity index (χ3v) is 5.97. The molecule has 23 heavy (non-hydrogen) atoms. The fourth-order valence-electron chi connectivity index (χ4n) is 4.32. The average molecular weight is 325 g/mol. The van der Waals surface area contributed by atoms with Gasteiger partial charge in [0, 0.05) is 26.6 Å². The molecule has 0 spiro atoms. The van der Waals surface area contributed by atoms with Crippen LogP contribution in [0.2, 0.25) is 0 Å². The van der Waals surface area contributed by atoms with Gasteiger partial charge in [0.05, 0.1) is 0 Å². The number of hydrogen-bond acceptors (Lipinski definition) is 2. The van der Waals surface area contributed by atoms with Gasteiger partial charge in [-0.25, -0.2) is 0 Å². The summed E-state index contributed by atoms with van der Waals surface area (Å²) in [6, 6.07) is 0. The van der Waals surface area contributed by atoms with Crippen molar-refractivity contribution in [2.24, 2.45) is 29.6 Å². The minimum Gasteiger partial charge on any atom is -0.342 e. The molecule has 0 radical (unpaired) electrons. The molecule has 3 nitrogen and oxygen atoms in total. The summed E-state index contributed by atoms with van der Waals surface area (Å²) < 4.78 is 0. The minimum absolute atomic E-state index is 0.241. The number of carbonyl (C=O) groups excluding carboxylic acids is 1. The highest BCUT2D eigenvalue weighted by molar-refractivity contribution is 5.73. The van der Waals surface area contributed by atoms with Crippen molar-refractivity contribution in [1.29, 1.82) is 0 Å². The van der Waals surface area contributed by atoms with Crippen LogP contribution < -0.4 is 0 Å². The molecule has 2 saturated heterocycles. The largest absolute Gasteiger partial charge is 0.342 e. The van der Waals surface area contributed by atoms with Gasteiger partial charge in [-0.1, -0.05) is 41.5 Å². The van der Waals surface area contributed by atoms with Crippen LogP contribution in [0.1, 0.15) is 61.3 Å². The van der Waals surface area contributed by atoms with Crippen molar-refractivity contribution in [3.8, 4) is 0 Å². The first-order chi connectivity index (χ1) is 10.9. The van der Waals surface area contributed by atoms with Crippen molar-refractivity contribution in [1.82, 2.24) is 9.80 Å². The van der Waals surface area contributed by atoms with E-state index in [1.165, 1.54) is 32.5 Å². The van der Waals surface area contributed by atoms with E-state index in [2.05, 4.69) is 32.6 Å². The van der Waals surface area contributed by atoms with Gasteiger partial charge in [0.2, 0.25) is 5.91 Å². The summed E-state index contributed by atoms with van der Waals surface area (Å²) in [5, 5.41) is 0. The van der Waals surface area contributed by atoms with Crippen LogP contribution in [0.5, 0.6) is 0 Å². The van der Waals surface area contributed by atoms with E-state index in [1.807, 2.05) is 18.7 Å². The number of hydrogen-bond donors (Lipinski definition) is 0. The second-order valence-electron chi connectivity index (χ2n) is 7.92. The van der Waals surface area contributed by atoms with E-state index in [-0.39, 0.29) is 5.91 Å². The Balaban J connectivity index is 0.00000127. The highest BCUT2D eigenvalue weighted by Crippen LogP contribution is 2.31. The van der Waals surface area contributed by atoms with Crippen molar-refractivity contribution in [2.45, 2.75) is 61.3 Å². The van der Waals surface area contributed by atoms with E-state index in [0.717, 1.165) is 30.8 Å². The Bertz CT molecular complexity index is 336. The van der Waals surface area contributed by atoms with Crippen molar-refractivity contribution in [3.63, 3.8) is 0 Å². The topological polar surface area (TPSA) is 23.6 Å². The summed E-state index contributed by atoms with van der Waals surface area (Å²) in [5.74, 6) is 4.00. The lowest BCUT2D eigenvalue weighted by atomic mass is 9.78. The van der Waals surface area contributed by atoms with Crippen LogP contribution in [-0.2, 0) is 4.79 Å². The van der Waals surface area contributed by atoms with Gasteiger partial charge in [-0.05, 0) is 55.5 Å². The van der Waals surface area contributed by atoms with Crippen molar-refractivity contribution in [2.75, 3.05) is 32.7 Å². The summed E-state index contributed by atoms with van der Waals surface area (Å²) in [6.45, 7) is 20.8. The molecular weight excluding hydrogens is 284 g/mol. The molecule has 1 amide bonds. The Morgan fingerprint density at radius 1 is 1.04 bits per heavy atom. The van der Waals surface area contributed by atoms with Crippen LogP contribution in [0.3, 0.4) is 0 Å². The Kier molecular flexibility index (Phi) is 8.60. The molecule has 136 valence electrons. The molecule has 0 bridgehead atoms. The fourth-order valence-corrected chi connectivity index (χ4v) is 4.32. The van der Waals surface area contributed by atoms with Gasteiger partial charge in [-0.15, -0.1) is 0 Å². The van der Waals surface area contributed by atoms with Gasteiger partial charge in [-0.3, -0.25) is 4.79 Å². The van der Waals surface area contributed by atoms with Crippen LogP contribution in [0, 0.1) is 29.6 Å². The van der Waals surface area contributed by atoms with Gasteiger partial charge < -0.3 is 9.80 Å². The van der Waals surface area contributed by atoms with E-state index in [4.69, 9.17) is 0 Å². The van der Waals surface area contributed by atoms with Crippen molar-refractivity contribution >= 4 is 5.91 Å². The van der Waals surface area contributed by atoms with E-state index in [1.54, 1.807) is 6.92 Å².